The molecule has 0 radical (unpaired) electrons. The lowest BCUT2D eigenvalue weighted by molar-refractivity contribution is 0.411. The Hall–Kier alpha value is -0.530. The number of ether oxygens (including phenoxy) is 1. The molecule has 4 heteroatoms. The highest BCUT2D eigenvalue weighted by atomic mass is 79.9. The van der Waals surface area contributed by atoms with Gasteiger partial charge in [-0.15, -0.1) is 0 Å². The van der Waals surface area contributed by atoms with E-state index in [1.165, 1.54) is 0 Å². The van der Waals surface area contributed by atoms with Crippen molar-refractivity contribution in [2.45, 2.75) is 0 Å². The van der Waals surface area contributed by atoms with E-state index in [1.807, 2.05) is 0 Å². The van der Waals surface area contributed by atoms with Crippen molar-refractivity contribution in [2.24, 2.45) is 0 Å². The summed E-state index contributed by atoms with van der Waals surface area (Å²) in [4.78, 5) is 0. The summed E-state index contributed by atoms with van der Waals surface area (Å²) in [6.07, 6.45) is 0. The van der Waals surface area contributed by atoms with Crippen LogP contribution in [-0.4, -0.2) is 7.11 Å². The molecule has 62 valence electrons. The number of nitriles is 1. The molecule has 0 atom stereocenters. The molecular formula is C8H5Br2NO. The number of benzene rings is 1. The average Bonchev–Trinajstić information content (AvgIpc) is 2.08. The summed E-state index contributed by atoms with van der Waals surface area (Å²) < 4.78 is 6.56. The van der Waals surface area contributed by atoms with Crippen molar-refractivity contribution < 1.29 is 4.74 Å². The summed E-state index contributed by atoms with van der Waals surface area (Å²) >= 11 is 6.54. The van der Waals surface area contributed by atoms with E-state index in [0.717, 1.165) is 4.47 Å². The van der Waals surface area contributed by atoms with Gasteiger partial charge in [0.1, 0.15) is 11.8 Å². The third-order valence-electron chi connectivity index (χ3n) is 1.34. The molecular weight excluding hydrogens is 286 g/mol. The zero-order chi connectivity index (χ0) is 9.14. The third-order valence-corrected chi connectivity index (χ3v) is 2.62. The van der Waals surface area contributed by atoms with Crippen molar-refractivity contribution in [2.75, 3.05) is 7.11 Å². The Morgan fingerprint density at radius 3 is 2.58 bits per heavy atom. The lowest BCUT2D eigenvalue weighted by Crippen LogP contribution is -1.87. The smallest absolute Gasteiger partial charge is 0.135 e. The Morgan fingerprint density at radius 2 is 2.08 bits per heavy atom. The second kappa shape index (κ2) is 3.92. The molecule has 0 heterocycles. The molecule has 0 aliphatic rings. The van der Waals surface area contributed by atoms with Gasteiger partial charge in [-0.1, -0.05) is 15.9 Å². The predicted molar refractivity (Wildman–Crippen MR) is 53.1 cm³/mol. The van der Waals surface area contributed by atoms with Gasteiger partial charge in [0.15, 0.2) is 0 Å². The standard InChI is InChI=1S/C8H5Br2NO/c1-12-7-3-6(9)2-5(4-11)8(7)10/h2-3H,1H3. The summed E-state index contributed by atoms with van der Waals surface area (Å²) in [7, 11) is 1.56. The number of hydrogen-bond donors (Lipinski definition) is 0. The molecule has 0 saturated carbocycles. The minimum Gasteiger partial charge on any atom is -0.495 e. The van der Waals surface area contributed by atoms with Crippen LogP contribution >= 0.6 is 31.9 Å². The van der Waals surface area contributed by atoms with E-state index in [0.29, 0.717) is 15.8 Å². The summed E-state index contributed by atoms with van der Waals surface area (Å²) in [5.41, 5.74) is 0.557. The van der Waals surface area contributed by atoms with Crippen molar-refractivity contribution in [1.82, 2.24) is 0 Å². The van der Waals surface area contributed by atoms with Gasteiger partial charge in [-0.25, -0.2) is 0 Å². The van der Waals surface area contributed by atoms with E-state index in [4.69, 9.17) is 10.00 Å². The highest BCUT2D eigenvalue weighted by Gasteiger charge is 2.06. The monoisotopic (exact) mass is 289 g/mol. The zero-order valence-corrected chi connectivity index (χ0v) is 9.44. The molecule has 12 heavy (non-hydrogen) atoms. The molecule has 1 aromatic rings. The first-order valence-electron chi connectivity index (χ1n) is 3.12. The van der Waals surface area contributed by atoms with Crippen LogP contribution in [0.4, 0.5) is 0 Å². The molecule has 0 saturated heterocycles. The summed E-state index contributed by atoms with van der Waals surface area (Å²) in [6.45, 7) is 0. The summed E-state index contributed by atoms with van der Waals surface area (Å²) in [5.74, 6) is 0.654. The molecule has 0 amide bonds. The van der Waals surface area contributed by atoms with Crippen molar-refractivity contribution >= 4 is 31.9 Å². The zero-order valence-electron chi connectivity index (χ0n) is 6.27. The summed E-state index contributed by atoms with van der Waals surface area (Å²) in [6, 6.07) is 5.58. The van der Waals surface area contributed by atoms with Crippen LogP contribution < -0.4 is 4.74 Å². The molecule has 0 N–H and O–H groups in total. The van der Waals surface area contributed by atoms with E-state index in [9.17, 15) is 0 Å². The van der Waals surface area contributed by atoms with Gasteiger partial charge in [0, 0.05) is 4.47 Å². The topological polar surface area (TPSA) is 33.0 Å². The van der Waals surface area contributed by atoms with Gasteiger partial charge < -0.3 is 4.74 Å². The Kier molecular flexibility index (Phi) is 3.12. The SMILES string of the molecule is COc1cc(Br)cc(C#N)c1Br. The first-order chi connectivity index (χ1) is 5.69. The fourth-order valence-electron chi connectivity index (χ4n) is 0.794. The van der Waals surface area contributed by atoms with Crippen molar-refractivity contribution in [3.05, 3.63) is 26.6 Å². The minimum atomic E-state index is 0.557. The van der Waals surface area contributed by atoms with E-state index in [2.05, 4.69) is 37.9 Å². The predicted octanol–water partition coefficient (Wildman–Crippen LogP) is 3.09. The molecule has 1 aromatic carbocycles. The average molecular weight is 291 g/mol. The van der Waals surface area contributed by atoms with Crippen LogP contribution in [0.3, 0.4) is 0 Å². The van der Waals surface area contributed by atoms with E-state index >= 15 is 0 Å². The lowest BCUT2D eigenvalue weighted by Gasteiger charge is -2.04. The Bertz CT molecular complexity index is 344. The van der Waals surface area contributed by atoms with Gasteiger partial charge in [-0.05, 0) is 28.1 Å². The first-order valence-corrected chi connectivity index (χ1v) is 4.70. The van der Waals surface area contributed by atoms with Crippen LogP contribution in [0, 0.1) is 11.3 Å². The number of nitrogens with zero attached hydrogens (tertiary/aromatic N) is 1. The fourth-order valence-corrected chi connectivity index (χ4v) is 1.71. The van der Waals surface area contributed by atoms with E-state index < -0.39 is 0 Å². The molecule has 0 fully saturated rings. The van der Waals surface area contributed by atoms with Crippen LogP contribution in [-0.2, 0) is 0 Å². The van der Waals surface area contributed by atoms with Gasteiger partial charge >= 0.3 is 0 Å². The van der Waals surface area contributed by atoms with Gasteiger partial charge in [0.05, 0.1) is 17.1 Å². The second-order valence-electron chi connectivity index (χ2n) is 2.08. The molecule has 0 aliphatic carbocycles. The first kappa shape index (κ1) is 9.56. The van der Waals surface area contributed by atoms with Gasteiger partial charge in [-0.2, -0.15) is 5.26 Å². The second-order valence-corrected chi connectivity index (χ2v) is 3.79. The maximum Gasteiger partial charge on any atom is 0.135 e. The largest absolute Gasteiger partial charge is 0.495 e. The van der Waals surface area contributed by atoms with Crippen LogP contribution in [0.15, 0.2) is 21.1 Å². The molecule has 0 unspecified atom stereocenters. The molecule has 0 aromatic heterocycles. The van der Waals surface area contributed by atoms with Gasteiger partial charge in [0.2, 0.25) is 0 Å². The van der Waals surface area contributed by atoms with Crippen LogP contribution in [0.5, 0.6) is 5.75 Å². The maximum absolute atomic E-state index is 8.71. The fraction of sp³-hybridized carbons (Fsp3) is 0.125. The molecule has 1 rings (SSSR count). The maximum atomic E-state index is 8.71. The normalized spacial score (nSPS) is 9.17. The number of methoxy groups -OCH3 is 1. The minimum absolute atomic E-state index is 0.557. The van der Waals surface area contributed by atoms with Crippen molar-refractivity contribution in [3.63, 3.8) is 0 Å². The molecule has 0 spiro atoms. The Labute approximate surface area is 87.4 Å². The quantitative estimate of drug-likeness (QED) is 0.796. The molecule has 0 aliphatic heterocycles. The number of hydrogen-bond acceptors (Lipinski definition) is 2. The van der Waals surface area contributed by atoms with E-state index in [1.54, 1.807) is 19.2 Å². The molecule has 2 nitrogen and oxygen atoms in total. The van der Waals surface area contributed by atoms with Gasteiger partial charge in [0.25, 0.3) is 0 Å². The summed E-state index contributed by atoms with van der Waals surface area (Å²) in [5, 5.41) is 8.71. The highest BCUT2D eigenvalue weighted by molar-refractivity contribution is 9.11. The van der Waals surface area contributed by atoms with Gasteiger partial charge in [-0.3, -0.25) is 0 Å². The number of rotatable bonds is 1. The Morgan fingerprint density at radius 1 is 1.42 bits per heavy atom. The highest BCUT2D eigenvalue weighted by Crippen LogP contribution is 2.31. The van der Waals surface area contributed by atoms with Crippen LogP contribution in [0.2, 0.25) is 0 Å². The van der Waals surface area contributed by atoms with Crippen molar-refractivity contribution in [1.29, 1.82) is 5.26 Å². The van der Waals surface area contributed by atoms with Crippen LogP contribution in [0.25, 0.3) is 0 Å². The third kappa shape index (κ3) is 1.79. The molecule has 0 bridgehead atoms. The van der Waals surface area contributed by atoms with Crippen LogP contribution in [0.1, 0.15) is 5.56 Å². The number of halogens is 2. The van der Waals surface area contributed by atoms with Crippen molar-refractivity contribution in [3.8, 4) is 11.8 Å². The lowest BCUT2D eigenvalue weighted by atomic mass is 10.2. The van der Waals surface area contributed by atoms with E-state index in [-0.39, 0.29) is 0 Å². The Balaban J connectivity index is 3.34.